The van der Waals surface area contributed by atoms with E-state index in [2.05, 4.69) is 4.98 Å². The Morgan fingerprint density at radius 3 is 2.72 bits per heavy atom. The van der Waals surface area contributed by atoms with Crippen molar-refractivity contribution in [3.63, 3.8) is 0 Å². The van der Waals surface area contributed by atoms with Gasteiger partial charge in [0.1, 0.15) is 0 Å². The van der Waals surface area contributed by atoms with E-state index >= 15 is 0 Å². The normalized spacial score (nSPS) is 19.4. The van der Waals surface area contributed by atoms with Crippen molar-refractivity contribution in [2.24, 2.45) is 0 Å². The van der Waals surface area contributed by atoms with Crippen LogP contribution in [-0.4, -0.2) is 40.4 Å². The molecule has 136 valence electrons. The SMILES string of the molecule is O=S(=O)(N1Cc2cccn2CC(OCc2cccnc2)C1)C(F)(F)F. The van der Waals surface area contributed by atoms with E-state index in [1.54, 1.807) is 47.4 Å². The fourth-order valence-electron chi connectivity index (χ4n) is 2.65. The van der Waals surface area contributed by atoms with Crippen molar-refractivity contribution in [2.75, 3.05) is 6.54 Å². The molecule has 3 rings (SSSR count). The monoisotopic (exact) mass is 375 g/mol. The van der Waals surface area contributed by atoms with E-state index in [-0.39, 0.29) is 26.2 Å². The molecule has 0 radical (unpaired) electrons. The van der Waals surface area contributed by atoms with Gasteiger partial charge in [-0.05, 0) is 23.8 Å². The Labute approximate surface area is 142 Å². The summed E-state index contributed by atoms with van der Waals surface area (Å²) in [7, 11) is -5.43. The lowest BCUT2D eigenvalue weighted by atomic mass is 10.3. The first kappa shape index (κ1) is 17.9. The van der Waals surface area contributed by atoms with E-state index in [1.165, 1.54) is 0 Å². The first-order valence-electron chi connectivity index (χ1n) is 7.48. The summed E-state index contributed by atoms with van der Waals surface area (Å²) in [6, 6.07) is 6.75. The number of rotatable bonds is 4. The van der Waals surface area contributed by atoms with E-state index in [4.69, 9.17) is 4.74 Å². The first-order chi connectivity index (χ1) is 11.8. The molecule has 1 atom stereocenters. The van der Waals surface area contributed by atoms with Gasteiger partial charge in [0.15, 0.2) is 0 Å². The Morgan fingerprint density at radius 2 is 2.04 bits per heavy atom. The lowest BCUT2D eigenvalue weighted by Gasteiger charge is -2.24. The number of hydrogen-bond acceptors (Lipinski definition) is 4. The number of fused-ring (bicyclic) bond motifs is 1. The number of nitrogens with zero attached hydrogens (tertiary/aromatic N) is 3. The molecule has 0 saturated carbocycles. The van der Waals surface area contributed by atoms with Crippen LogP contribution in [0.25, 0.3) is 0 Å². The van der Waals surface area contributed by atoms with Crippen LogP contribution in [0.3, 0.4) is 0 Å². The molecule has 0 spiro atoms. The van der Waals surface area contributed by atoms with Crippen molar-refractivity contribution in [1.82, 2.24) is 13.9 Å². The van der Waals surface area contributed by atoms with Gasteiger partial charge in [0, 0.05) is 37.4 Å². The standard InChI is InChI=1S/C15H16F3N3O3S/c16-15(17,18)25(22,23)21-8-13-4-2-6-20(13)9-14(10-21)24-11-12-3-1-5-19-7-12/h1-7,14H,8-11H2. The van der Waals surface area contributed by atoms with Crippen LogP contribution in [-0.2, 0) is 34.5 Å². The Kier molecular flexibility index (Phi) is 4.85. The second-order valence-electron chi connectivity index (χ2n) is 5.69. The third-order valence-electron chi connectivity index (χ3n) is 3.91. The van der Waals surface area contributed by atoms with Crippen LogP contribution >= 0.6 is 0 Å². The van der Waals surface area contributed by atoms with Crippen molar-refractivity contribution < 1.29 is 26.3 Å². The third kappa shape index (κ3) is 3.86. The molecule has 0 saturated heterocycles. The molecule has 2 aromatic heterocycles. The zero-order chi connectivity index (χ0) is 18.1. The van der Waals surface area contributed by atoms with Gasteiger partial charge in [-0.2, -0.15) is 17.5 Å². The van der Waals surface area contributed by atoms with Crippen LogP contribution in [0.15, 0.2) is 42.9 Å². The Balaban J connectivity index is 1.82. The molecule has 0 aromatic carbocycles. The maximum atomic E-state index is 12.9. The zero-order valence-corrected chi connectivity index (χ0v) is 13.9. The second-order valence-corrected chi connectivity index (χ2v) is 7.62. The predicted octanol–water partition coefficient (Wildman–Crippen LogP) is 2.13. The van der Waals surface area contributed by atoms with Gasteiger partial charge in [0.25, 0.3) is 0 Å². The number of ether oxygens (including phenoxy) is 1. The highest BCUT2D eigenvalue weighted by Gasteiger charge is 2.51. The second kappa shape index (κ2) is 6.77. The average Bonchev–Trinajstić information content (AvgIpc) is 2.90. The van der Waals surface area contributed by atoms with Gasteiger partial charge < -0.3 is 9.30 Å². The van der Waals surface area contributed by atoms with E-state index < -0.39 is 21.6 Å². The van der Waals surface area contributed by atoms with Crippen molar-refractivity contribution in [3.05, 3.63) is 54.1 Å². The maximum Gasteiger partial charge on any atom is 0.511 e. The number of pyridine rings is 1. The topological polar surface area (TPSA) is 64.4 Å². The zero-order valence-electron chi connectivity index (χ0n) is 13.1. The van der Waals surface area contributed by atoms with Crippen LogP contribution in [0, 0.1) is 0 Å². The molecule has 1 unspecified atom stereocenters. The average molecular weight is 375 g/mol. The van der Waals surface area contributed by atoms with E-state index in [0.717, 1.165) is 5.56 Å². The number of halogens is 3. The smallest absolute Gasteiger partial charge is 0.370 e. The highest BCUT2D eigenvalue weighted by Crippen LogP contribution is 2.30. The van der Waals surface area contributed by atoms with Crippen LogP contribution in [0.2, 0.25) is 0 Å². The summed E-state index contributed by atoms with van der Waals surface area (Å²) in [5.74, 6) is 0. The predicted molar refractivity (Wildman–Crippen MR) is 82.6 cm³/mol. The summed E-state index contributed by atoms with van der Waals surface area (Å²) in [6.45, 7) is -0.313. The van der Waals surface area contributed by atoms with Crippen LogP contribution in [0.5, 0.6) is 0 Å². The Hall–Kier alpha value is -1.91. The summed E-state index contributed by atoms with van der Waals surface area (Å²) in [4.78, 5) is 3.94. The van der Waals surface area contributed by atoms with Crippen molar-refractivity contribution >= 4 is 10.0 Å². The molecule has 0 amide bonds. The molecule has 1 aliphatic rings. The molecule has 25 heavy (non-hydrogen) atoms. The van der Waals surface area contributed by atoms with Gasteiger partial charge in [-0.25, -0.2) is 8.42 Å². The molecule has 3 heterocycles. The highest BCUT2D eigenvalue weighted by atomic mass is 32.2. The van der Waals surface area contributed by atoms with Gasteiger partial charge in [0.2, 0.25) is 0 Å². The van der Waals surface area contributed by atoms with Gasteiger partial charge in [0.05, 0.1) is 19.3 Å². The fourth-order valence-corrected chi connectivity index (χ4v) is 3.61. The minimum absolute atomic E-state index is 0.134. The number of alkyl halides is 3. The molecule has 0 aliphatic carbocycles. The minimum Gasteiger partial charge on any atom is -0.370 e. The van der Waals surface area contributed by atoms with Gasteiger partial charge in [-0.3, -0.25) is 4.98 Å². The minimum atomic E-state index is -5.43. The van der Waals surface area contributed by atoms with E-state index in [0.29, 0.717) is 10.00 Å². The molecule has 0 bridgehead atoms. The van der Waals surface area contributed by atoms with E-state index in [1.807, 2.05) is 0 Å². The molecule has 1 aliphatic heterocycles. The highest BCUT2D eigenvalue weighted by molar-refractivity contribution is 7.89. The van der Waals surface area contributed by atoms with Crippen LogP contribution in [0.1, 0.15) is 11.3 Å². The van der Waals surface area contributed by atoms with Gasteiger partial charge in [-0.1, -0.05) is 6.07 Å². The van der Waals surface area contributed by atoms with Crippen LogP contribution in [0.4, 0.5) is 13.2 Å². The first-order valence-corrected chi connectivity index (χ1v) is 8.92. The van der Waals surface area contributed by atoms with Crippen LogP contribution < -0.4 is 0 Å². The molecular formula is C15H16F3N3O3S. The summed E-state index contributed by atoms with van der Waals surface area (Å²) in [6.07, 6.45) is 4.16. The lowest BCUT2D eigenvalue weighted by molar-refractivity contribution is -0.0511. The third-order valence-corrected chi connectivity index (χ3v) is 5.45. The summed E-state index contributed by atoms with van der Waals surface area (Å²) >= 11 is 0. The van der Waals surface area contributed by atoms with Crippen molar-refractivity contribution in [3.8, 4) is 0 Å². The summed E-state index contributed by atoms with van der Waals surface area (Å²) in [5.41, 5.74) is -4.10. The quantitative estimate of drug-likeness (QED) is 0.821. The number of sulfonamides is 1. The van der Waals surface area contributed by atoms with Gasteiger partial charge >= 0.3 is 15.5 Å². The van der Waals surface area contributed by atoms with Crippen molar-refractivity contribution in [2.45, 2.75) is 31.3 Å². The molecule has 6 nitrogen and oxygen atoms in total. The molecule has 10 heteroatoms. The van der Waals surface area contributed by atoms with Crippen molar-refractivity contribution in [1.29, 1.82) is 0 Å². The molecular weight excluding hydrogens is 359 g/mol. The summed E-state index contributed by atoms with van der Waals surface area (Å²) < 4.78 is 70.3. The molecule has 0 fully saturated rings. The fraction of sp³-hybridized carbons (Fsp3) is 0.400. The number of hydrogen-bond donors (Lipinski definition) is 0. The molecule has 2 aromatic rings. The Morgan fingerprint density at radius 1 is 1.24 bits per heavy atom. The summed E-state index contributed by atoms with van der Waals surface area (Å²) in [5, 5.41) is 0. The lowest BCUT2D eigenvalue weighted by Crippen LogP contribution is -2.43. The van der Waals surface area contributed by atoms with E-state index in [9.17, 15) is 21.6 Å². The Bertz CT molecular complexity index is 821. The maximum absolute atomic E-state index is 12.9. The molecule has 0 N–H and O–H groups in total. The number of aromatic nitrogens is 2. The van der Waals surface area contributed by atoms with Gasteiger partial charge in [-0.15, -0.1) is 0 Å². The largest absolute Gasteiger partial charge is 0.511 e.